The largest absolute Gasteiger partial charge is 0.493 e. The molecule has 0 atom stereocenters. The first-order chi connectivity index (χ1) is 13.0. The molecule has 1 aliphatic rings. The Morgan fingerprint density at radius 1 is 1.33 bits per heavy atom. The molecular formula is C19H29N3O5. The number of piperidine rings is 1. The Labute approximate surface area is 160 Å². The Kier molecular flexibility index (Phi) is 7.84. The zero-order chi connectivity index (χ0) is 19.8. The van der Waals surface area contributed by atoms with Gasteiger partial charge in [0.15, 0.2) is 11.5 Å². The van der Waals surface area contributed by atoms with E-state index in [2.05, 4.69) is 17.1 Å². The van der Waals surface area contributed by atoms with Crippen molar-refractivity contribution in [2.45, 2.75) is 33.1 Å². The van der Waals surface area contributed by atoms with E-state index in [1.807, 2.05) is 0 Å². The molecule has 1 aromatic carbocycles. The summed E-state index contributed by atoms with van der Waals surface area (Å²) in [6.07, 6.45) is 3.23. The molecule has 1 amide bonds. The van der Waals surface area contributed by atoms with Crippen molar-refractivity contribution in [2.75, 3.05) is 39.9 Å². The molecule has 2 rings (SSSR count). The standard InChI is InChI=1S/C19H29N3O5/c1-4-27-18-12-15(16(22(24)25)13-17(18)26-3)19(23)20-8-5-9-21-10-6-14(2)7-11-21/h12-14H,4-11H2,1-3H3,(H,20,23). The number of nitrogens with zero attached hydrogens (tertiary/aromatic N) is 2. The number of benzene rings is 1. The maximum absolute atomic E-state index is 12.5. The van der Waals surface area contributed by atoms with Crippen LogP contribution in [-0.2, 0) is 0 Å². The number of amides is 1. The van der Waals surface area contributed by atoms with Crippen molar-refractivity contribution in [3.63, 3.8) is 0 Å². The van der Waals surface area contributed by atoms with Crippen LogP contribution in [0.2, 0.25) is 0 Å². The minimum absolute atomic E-state index is 0.0175. The van der Waals surface area contributed by atoms with Gasteiger partial charge in [0.1, 0.15) is 5.56 Å². The van der Waals surface area contributed by atoms with Gasteiger partial charge < -0.3 is 19.7 Å². The molecule has 0 bridgehead atoms. The Hall–Kier alpha value is -2.35. The number of hydrogen-bond acceptors (Lipinski definition) is 6. The van der Waals surface area contributed by atoms with Crippen LogP contribution in [0.15, 0.2) is 12.1 Å². The summed E-state index contributed by atoms with van der Waals surface area (Å²) in [4.78, 5) is 25.7. The highest BCUT2D eigenvalue weighted by Crippen LogP contribution is 2.34. The summed E-state index contributed by atoms with van der Waals surface area (Å²) < 4.78 is 10.6. The van der Waals surface area contributed by atoms with Crippen molar-refractivity contribution in [3.05, 3.63) is 27.8 Å². The van der Waals surface area contributed by atoms with Crippen molar-refractivity contribution in [1.29, 1.82) is 0 Å². The molecule has 0 aliphatic carbocycles. The van der Waals surface area contributed by atoms with Crippen LogP contribution in [0.4, 0.5) is 5.69 Å². The molecule has 0 spiro atoms. The molecule has 0 aromatic heterocycles. The summed E-state index contributed by atoms with van der Waals surface area (Å²) >= 11 is 0. The third kappa shape index (κ3) is 5.82. The monoisotopic (exact) mass is 379 g/mol. The molecule has 1 aliphatic heterocycles. The maximum Gasteiger partial charge on any atom is 0.286 e. The predicted molar refractivity (Wildman–Crippen MR) is 103 cm³/mol. The molecule has 0 unspecified atom stereocenters. The average molecular weight is 379 g/mol. The fourth-order valence-corrected chi connectivity index (χ4v) is 3.20. The van der Waals surface area contributed by atoms with Gasteiger partial charge in [-0.1, -0.05) is 6.92 Å². The molecular weight excluding hydrogens is 350 g/mol. The summed E-state index contributed by atoms with van der Waals surface area (Å²) in [5, 5.41) is 14.1. The number of methoxy groups -OCH3 is 1. The quantitative estimate of drug-likeness (QED) is 0.403. The second-order valence-corrected chi connectivity index (χ2v) is 6.84. The van der Waals surface area contributed by atoms with E-state index < -0.39 is 10.8 Å². The van der Waals surface area contributed by atoms with Crippen molar-refractivity contribution in [1.82, 2.24) is 10.2 Å². The lowest BCUT2D eigenvalue weighted by atomic mass is 9.99. The number of carbonyl (C=O) groups excluding carboxylic acids is 1. The number of likely N-dealkylation sites (tertiary alicyclic amines) is 1. The lowest BCUT2D eigenvalue weighted by molar-refractivity contribution is -0.385. The second-order valence-electron chi connectivity index (χ2n) is 6.84. The molecule has 1 fully saturated rings. The number of carbonyl (C=O) groups is 1. The van der Waals surface area contributed by atoms with Crippen LogP contribution in [0.5, 0.6) is 11.5 Å². The van der Waals surface area contributed by atoms with E-state index in [-0.39, 0.29) is 17.0 Å². The SMILES string of the molecule is CCOc1cc(C(=O)NCCCN2CCC(C)CC2)c([N+](=O)[O-])cc1OC. The number of rotatable bonds is 9. The lowest BCUT2D eigenvalue weighted by Crippen LogP contribution is -2.35. The highest BCUT2D eigenvalue weighted by Gasteiger charge is 2.24. The lowest BCUT2D eigenvalue weighted by Gasteiger charge is -2.30. The molecule has 1 N–H and O–H groups in total. The summed E-state index contributed by atoms with van der Waals surface area (Å²) in [7, 11) is 1.41. The topological polar surface area (TPSA) is 93.9 Å². The van der Waals surface area contributed by atoms with E-state index in [1.54, 1.807) is 6.92 Å². The fourth-order valence-electron chi connectivity index (χ4n) is 3.20. The first-order valence-corrected chi connectivity index (χ1v) is 9.46. The zero-order valence-corrected chi connectivity index (χ0v) is 16.3. The van der Waals surface area contributed by atoms with E-state index in [9.17, 15) is 14.9 Å². The van der Waals surface area contributed by atoms with Crippen LogP contribution in [0.1, 0.15) is 43.5 Å². The van der Waals surface area contributed by atoms with Crippen LogP contribution in [0.3, 0.4) is 0 Å². The molecule has 1 heterocycles. The summed E-state index contributed by atoms with van der Waals surface area (Å²) in [5.74, 6) is 0.867. The first kappa shape index (κ1) is 21.0. The van der Waals surface area contributed by atoms with Gasteiger partial charge in [-0.2, -0.15) is 0 Å². The average Bonchev–Trinajstić information content (AvgIpc) is 2.66. The number of ether oxygens (including phenoxy) is 2. The zero-order valence-electron chi connectivity index (χ0n) is 16.3. The molecule has 1 aromatic rings. The smallest absolute Gasteiger partial charge is 0.286 e. The van der Waals surface area contributed by atoms with Gasteiger partial charge in [0.2, 0.25) is 0 Å². The van der Waals surface area contributed by atoms with Crippen molar-refractivity contribution < 1.29 is 19.2 Å². The number of hydrogen-bond donors (Lipinski definition) is 1. The molecule has 0 radical (unpaired) electrons. The number of nitro groups is 1. The minimum atomic E-state index is -0.581. The number of nitro benzene ring substituents is 1. The normalized spacial score (nSPS) is 15.4. The minimum Gasteiger partial charge on any atom is -0.493 e. The Balaban J connectivity index is 1.97. The summed E-state index contributed by atoms with van der Waals surface area (Å²) in [6.45, 7) is 8.01. The van der Waals surface area contributed by atoms with Crippen LogP contribution in [0.25, 0.3) is 0 Å². The Morgan fingerprint density at radius 2 is 2.04 bits per heavy atom. The van der Waals surface area contributed by atoms with Crippen molar-refractivity contribution in [3.8, 4) is 11.5 Å². The Morgan fingerprint density at radius 3 is 2.63 bits per heavy atom. The second kappa shape index (κ2) is 10.1. The van der Waals surface area contributed by atoms with Gasteiger partial charge in [-0.05, 0) is 51.7 Å². The van der Waals surface area contributed by atoms with Crippen LogP contribution < -0.4 is 14.8 Å². The van der Waals surface area contributed by atoms with Crippen LogP contribution >= 0.6 is 0 Å². The Bertz CT molecular complexity index is 657. The summed E-state index contributed by atoms with van der Waals surface area (Å²) in [5.41, 5.74) is -0.311. The van der Waals surface area contributed by atoms with E-state index in [1.165, 1.54) is 32.1 Å². The van der Waals surface area contributed by atoms with Crippen LogP contribution in [0, 0.1) is 16.0 Å². The predicted octanol–water partition coefficient (Wildman–Crippen LogP) is 2.85. The molecule has 150 valence electrons. The van der Waals surface area contributed by atoms with Gasteiger partial charge in [-0.25, -0.2) is 0 Å². The highest BCUT2D eigenvalue weighted by atomic mass is 16.6. The van der Waals surface area contributed by atoms with Crippen molar-refractivity contribution in [2.24, 2.45) is 5.92 Å². The molecule has 1 saturated heterocycles. The van der Waals surface area contributed by atoms with Gasteiger partial charge in [0.25, 0.3) is 11.6 Å². The van der Waals surface area contributed by atoms with Gasteiger partial charge >= 0.3 is 0 Å². The van der Waals surface area contributed by atoms with E-state index >= 15 is 0 Å². The van der Waals surface area contributed by atoms with Gasteiger partial charge in [-0.3, -0.25) is 14.9 Å². The number of nitrogens with one attached hydrogen (secondary N) is 1. The van der Waals surface area contributed by atoms with Crippen molar-refractivity contribution >= 4 is 11.6 Å². The molecule has 0 saturated carbocycles. The third-order valence-corrected chi connectivity index (χ3v) is 4.84. The summed E-state index contributed by atoms with van der Waals surface area (Å²) in [6, 6.07) is 2.61. The van der Waals surface area contributed by atoms with Gasteiger partial charge in [-0.15, -0.1) is 0 Å². The molecule has 8 heteroatoms. The van der Waals surface area contributed by atoms with E-state index in [0.717, 1.165) is 32.0 Å². The molecule has 27 heavy (non-hydrogen) atoms. The third-order valence-electron chi connectivity index (χ3n) is 4.84. The van der Waals surface area contributed by atoms with Gasteiger partial charge in [0, 0.05) is 12.6 Å². The molecule has 8 nitrogen and oxygen atoms in total. The maximum atomic E-state index is 12.5. The fraction of sp³-hybridized carbons (Fsp3) is 0.632. The first-order valence-electron chi connectivity index (χ1n) is 9.46. The highest BCUT2D eigenvalue weighted by molar-refractivity contribution is 5.99. The van der Waals surface area contributed by atoms with Crippen LogP contribution in [-0.4, -0.2) is 55.6 Å². The van der Waals surface area contributed by atoms with E-state index in [4.69, 9.17) is 9.47 Å². The van der Waals surface area contributed by atoms with Gasteiger partial charge in [0.05, 0.1) is 24.7 Å². The van der Waals surface area contributed by atoms with E-state index in [0.29, 0.717) is 18.9 Å².